The van der Waals surface area contributed by atoms with Gasteiger partial charge in [0.25, 0.3) is 0 Å². The summed E-state index contributed by atoms with van der Waals surface area (Å²) < 4.78 is 1.76. The Bertz CT molecular complexity index is 429. The highest BCUT2D eigenvalue weighted by Gasteiger charge is 2.06. The highest BCUT2D eigenvalue weighted by molar-refractivity contribution is 7.15. The number of amidine groups is 1. The normalized spacial score (nSPS) is 12.5. The summed E-state index contributed by atoms with van der Waals surface area (Å²) in [6.07, 6.45) is 3.39. The van der Waals surface area contributed by atoms with Crippen LogP contribution in [0.15, 0.2) is 22.9 Å². The van der Waals surface area contributed by atoms with E-state index in [2.05, 4.69) is 10.1 Å². The molecule has 5 nitrogen and oxygen atoms in total. The third-order valence-electron chi connectivity index (χ3n) is 1.52. The quantitative estimate of drug-likeness (QED) is 0.291. The van der Waals surface area contributed by atoms with E-state index in [0.717, 1.165) is 4.96 Å². The van der Waals surface area contributed by atoms with E-state index in [1.165, 1.54) is 11.3 Å². The molecule has 0 atom stereocenters. The van der Waals surface area contributed by atoms with Gasteiger partial charge < -0.3 is 10.9 Å². The summed E-state index contributed by atoms with van der Waals surface area (Å²) in [5.41, 5.74) is 6.01. The van der Waals surface area contributed by atoms with E-state index in [-0.39, 0.29) is 5.84 Å². The first-order valence-electron chi connectivity index (χ1n) is 3.21. The molecule has 2 aromatic heterocycles. The average Bonchev–Trinajstić information content (AvgIpc) is 2.62. The van der Waals surface area contributed by atoms with E-state index in [1.807, 2.05) is 11.6 Å². The zero-order valence-electron chi connectivity index (χ0n) is 6.01. The number of nitrogens with zero attached hydrogens (tertiary/aromatic N) is 3. The molecule has 0 saturated heterocycles. The van der Waals surface area contributed by atoms with Crippen LogP contribution in [0.2, 0.25) is 0 Å². The third-order valence-corrected chi connectivity index (χ3v) is 2.29. The van der Waals surface area contributed by atoms with Crippen LogP contribution in [-0.2, 0) is 0 Å². The molecule has 2 aromatic rings. The second-order valence-electron chi connectivity index (χ2n) is 2.18. The second kappa shape index (κ2) is 2.49. The molecule has 0 bridgehead atoms. The van der Waals surface area contributed by atoms with Crippen LogP contribution in [0, 0.1) is 0 Å². The van der Waals surface area contributed by atoms with Crippen LogP contribution in [0.1, 0.15) is 5.69 Å². The van der Waals surface area contributed by atoms with Gasteiger partial charge in [0.15, 0.2) is 10.8 Å². The van der Waals surface area contributed by atoms with Gasteiger partial charge in [0, 0.05) is 11.6 Å². The van der Waals surface area contributed by atoms with Crippen molar-refractivity contribution in [1.29, 1.82) is 0 Å². The molecule has 6 heteroatoms. The number of imidazole rings is 1. The summed E-state index contributed by atoms with van der Waals surface area (Å²) in [5, 5.41) is 13.2. The Morgan fingerprint density at radius 3 is 3.33 bits per heavy atom. The molecule has 12 heavy (non-hydrogen) atoms. The Hall–Kier alpha value is -1.56. The molecule has 0 fully saturated rings. The maximum absolute atomic E-state index is 8.43. The number of hydrogen-bond donors (Lipinski definition) is 2. The topological polar surface area (TPSA) is 75.9 Å². The summed E-state index contributed by atoms with van der Waals surface area (Å²) in [7, 11) is 0. The predicted molar refractivity (Wildman–Crippen MR) is 45.6 cm³/mol. The maximum Gasteiger partial charge on any atom is 0.194 e. The molecular formula is C6H6N4OS. The molecule has 2 rings (SSSR count). The van der Waals surface area contributed by atoms with Crippen molar-refractivity contribution in [1.82, 2.24) is 9.38 Å². The van der Waals surface area contributed by atoms with Crippen molar-refractivity contribution in [3.8, 4) is 0 Å². The smallest absolute Gasteiger partial charge is 0.194 e. The lowest BCUT2D eigenvalue weighted by atomic mass is 10.4. The minimum Gasteiger partial charge on any atom is -0.409 e. The lowest BCUT2D eigenvalue weighted by Gasteiger charge is -1.92. The molecule has 0 aliphatic carbocycles. The lowest BCUT2D eigenvalue weighted by Crippen LogP contribution is -2.14. The van der Waals surface area contributed by atoms with Gasteiger partial charge in [0.1, 0.15) is 5.69 Å². The highest BCUT2D eigenvalue weighted by atomic mass is 32.1. The van der Waals surface area contributed by atoms with Gasteiger partial charge in [-0.1, -0.05) is 5.16 Å². The zero-order chi connectivity index (χ0) is 8.55. The number of nitrogens with two attached hydrogens (primary N) is 1. The van der Waals surface area contributed by atoms with Crippen molar-refractivity contribution in [2.75, 3.05) is 0 Å². The number of fused-ring (bicyclic) bond motifs is 1. The van der Waals surface area contributed by atoms with E-state index >= 15 is 0 Å². The largest absolute Gasteiger partial charge is 0.409 e. The molecule has 0 radical (unpaired) electrons. The lowest BCUT2D eigenvalue weighted by molar-refractivity contribution is 0.318. The summed E-state index contributed by atoms with van der Waals surface area (Å²) in [6, 6.07) is 0. The first-order chi connectivity index (χ1) is 5.83. The Morgan fingerprint density at radius 1 is 1.75 bits per heavy atom. The molecule has 3 N–H and O–H groups in total. The predicted octanol–water partition coefficient (Wildman–Crippen LogP) is 0.490. The van der Waals surface area contributed by atoms with Crippen molar-refractivity contribution in [3.05, 3.63) is 23.5 Å². The molecule has 62 valence electrons. The standard InChI is InChI=1S/C6H6N4OS/c7-5(9-11)4-3-8-6-10(4)1-2-12-6/h1-3,11H,(H2,7,9). The van der Waals surface area contributed by atoms with Gasteiger partial charge in [-0.05, 0) is 0 Å². The van der Waals surface area contributed by atoms with E-state index in [0.29, 0.717) is 5.69 Å². The first-order valence-corrected chi connectivity index (χ1v) is 4.09. The Morgan fingerprint density at radius 2 is 2.58 bits per heavy atom. The van der Waals surface area contributed by atoms with Crippen molar-refractivity contribution >= 4 is 22.1 Å². The zero-order valence-corrected chi connectivity index (χ0v) is 6.82. The average molecular weight is 182 g/mol. The van der Waals surface area contributed by atoms with Crippen LogP contribution in [-0.4, -0.2) is 20.4 Å². The maximum atomic E-state index is 8.43. The van der Waals surface area contributed by atoms with Gasteiger partial charge in [0.2, 0.25) is 0 Å². The Kier molecular flexibility index (Phi) is 1.47. The van der Waals surface area contributed by atoms with E-state index in [4.69, 9.17) is 10.9 Å². The third kappa shape index (κ3) is 0.850. The minimum atomic E-state index is 0.0703. The molecule has 0 saturated carbocycles. The van der Waals surface area contributed by atoms with Crippen molar-refractivity contribution in [2.45, 2.75) is 0 Å². The van der Waals surface area contributed by atoms with Crippen molar-refractivity contribution in [3.63, 3.8) is 0 Å². The molecular weight excluding hydrogens is 176 g/mol. The molecule has 0 aliphatic rings. The summed E-state index contributed by atoms with van der Waals surface area (Å²) in [4.78, 5) is 4.89. The summed E-state index contributed by atoms with van der Waals surface area (Å²) >= 11 is 1.50. The van der Waals surface area contributed by atoms with Gasteiger partial charge in [0.05, 0.1) is 6.20 Å². The Balaban J connectivity index is 2.69. The highest BCUT2D eigenvalue weighted by Crippen LogP contribution is 2.11. The van der Waals surface area contributed by atoms with Gasteiger partial charge >= 0.3 is 0 Å². The van der Waals surface area contributed by atoms with Crippen LogP contribution >= 0.6 is 11.3 Å². The SMILES string of the molecule is N/C(=N/O)c1cnc2sccn12. The van der Waals surface area contributed by atoms with Crippen LogP contribution in [0.5, 0.6) is 0 Å². The molecule has 2 heterocycles. The van der Waals surface area contributed by atoms with E-state index in [1.54, 1.807) is 10.6 Å². The van der Waals surface area contributed by atoms with Crippen LogP contribution in [0.4, 0.5) is 0 Å². The van der Waals surface area contributed by atoms with E-state index < -0.39 is 0 Å². The first kappa shape index (κ1) is 7.11. The van der Waals surface area contributed by atoms with Crippen LogP contribution in [0.3, 0.4) is 0 Å². The number of oxime groups is 1. The van der Waals surface area contributed by atoms with E-state index in [9.17, 15) is 0 Å². The number of thiazole rings is 1. The molecule has 0 aromatic carbocycles. The fraction of sp³-hybridized carbons (Fsp3) is 0. The van der Waals surface area contributed by atoms with Gasteiger partial charge in [-0.2, -0.15) is 0 Å². The van der Waals surface area contributed by atoms with Gasteiger partial charge in [-0.15, -0.1) is 11.3 Å². The molecule has 0 unspecified atom stereocenters. The summed E-state index contributed by atoms with van der Waals surface area (Å²) in [6.45, 7) is 0. The van der Waals surface area contributed by atoms with Crippen LogP contribution in [0.25, 0.3) is 4.96 Å². The number of rotatable bonds is 1. The molecule has 0 aliphatic heterocycles. The number of aromatic nitrogens is 2. The van der Waals surface area contributed by atoms with Gasteiger partial charge in [-0.25, -0.2) is 4.98 Å². The minimum absolute atomic E-state index is 0.0703. The fourth-order valence-electron chi connectivity index (χ4n) is 0.968. The van der Waals surface area contributed by atoms with Crippen LogP contribution < -0.4 is 5.73 Å². The monoisotopic (exact) mass is 182 g/mol. The molecule has 0 spiro atoms. The fourth-order valence-corrected chi connectivity index (χ4v) is 1.66. The van der Waals surface area contributed by atoms with Crippen molar-refractivity contribution < 1.29 is 5.21 Å². The summed E-state index contributed by atoms with van der Waals surface area (Å²) in [5.74, 6) is 0.0703. The van der Waals surface area contributed by atoms with Gasteiger partial charge in [-0.3, -0.25) is 4.40 Å². The van der Waals surface area contributed by atoms with Crippen molar-refractivity contribution in [2.24, 2.45) is 10.9 Å². The molecule has 0 amide bonds. The number of hydrogen-bond acceptors (Lipinski definition) is 4. The Labute approximate surface area is 71.8 Å². The second-order valence-corrected chi connectivity index (χ2v) is 3.06.